The van der Waals surface area contributed by atoms with E-state index in [-0.39, 0.29) is 1.43 Å². The summed E-state index contributed by atoms with van der Waals surface area (Å²) in [6.07, 6.45) is 8.45. The zero-order chi connectivity index (χ0) is 18.4. The number of nitrogens with zero attached hydrogens (tertiary/aromatic N) is 1. The molecule has 4 aromatic rings. The van der Waals surface area contributed by atoms with Crippen molar-refractivity contribution in [2.75, 3.05) is 0 Å². The molecule has 0 atom stereocenters. The van der Waals surface area contributed by atoms with E-state index in [0.717, 1.165) is 18.5 Å². The lowest BCUT2D eigenvalue weighted by atomic mass is 9.91. The summed E-state index contributed by atoms with van der Waals surface area (Å²) in [6.45, 7) is 6.22. The van der Waals surface area contributed by atoms with Crippen LogP contribution in [0.1, 0.15) is 30.7 Å². The molecule has 134 valence electrons. The van der Waals surface area contributed by atoms with Crippen molar-refractivity contribution >= 4 is 23.1 Å². The van der Waals surface area contributed by atoms with Crippen LogP contribution in [0.4, 0.5) is 0 Å². The molecule has 2 heterocycles. The molecule has 0 saturated carbocycles. The quantitative estimate of drug-likeness (QED) is 0.426. The second kappa shape index (κ2) is 6.17. The van der Waals surface area contributed by atoms with Gasteiger partial charge in [-0.3, -0.25) is 0 Å². The van der Waals surface area contributed by atoms with Gasteiger partial charge in [0.1, 0.15) is 0 Å². The molecule has 0 aliphatic heterocycles. The van der Waals surface area contributed by atoms with Gasteiger partial charge < -0.3 is 9.55 Å². The van der Waals surface area contributed by atoms with E-state index >= 15 is 0 Å². The van der Waals surface area contributed by atoms with Crippen molar-refractivity contribution in [3.05, 3.63) is 89.6 Å². The van der Waals surface area contributed by atoms with E-state index in [1.54, 1.807) is 0 Å². The summed E-state index contributed by atoms with van der Waals surface area (Å²) < 4.78 is 2.37. The average molecular weight is 352 g/mol. The summed E-state index contributed by atoms with van der Waals surface area (Å²) in [5, 5.41) is 1.34. The maximum Gasteiger partial charge on any atom is 0.0739 e. The van der Waals surface area contributed by atoms with Gasteiger partial charge in [-0.05, 0) is 55.2 Å². The molecule has 0 amide bonds. The van der Waals surface area contributed by atoms with E-state index < -0.39 is 0 Å². The summed E-state index contributed by atoms with van der Waals surface area (Å²) in [4.78, 5) is 3.71. The third-order valence-electron chi connectivity index (χ3n) is 5.57. The lowest BCUT2D eigenvalue weighted by Gasteiger charge is -2.18. The third-order valence-corrected chi connectivity index (χ3v) is 5.57. The number of para-hydroxylation sites is 2. The Balaban J connectivity index is 0.00000192. The Morgan fingerprint density at radius 2 is 1.74 bits per heavy atom. The molecule has 0 spiro atoms. The second-order valence-corrected chi connectivity index (χ2v) is 7.03. The Kier molecular flexibility index (Phi) is 3.64. The zero-order valence-electron chi connectivity index (χ0n) is 15.5. The fraction of sp³-hybridized carbons (Fsp3) is 0.120. The van der Waals surface area contributed by atoms with Gasteiger partial charge in [-0.15, -0.1) is 0 Å². The summed E-state index contributed by atoms with van der Waals surface area (Å²) in [5.74, 6) is 0. The Labute approximate surface area is 161 Å². The fourth-order valence-corrected chi connectivity index (χ4v) is 4.48. The van der Waals surface area contributed by atoms with Gasteiger partial charge in [0.05, 0.1) is 17.1 Å². The molecule has 0 radical (unpaired) electrons. The van der Waals surface area contributed by atoms with Crippen LogP contribution in [0.2, 0.25) is 0 Å². The molecule has 0 unspecified atom stereocenters. The Hall–Kier alpha value is -3.26. The minimum absolute atomic E-state index is 0. The molecule has 5 rings (SSSR count). The van der Waals surface area contributed by atoms with Crippen LogP contribution in [-0.2, 0) is 12.8 Å². The largest absolute Gasteiger partial charge is 0.353 e. The number of allylic oxidation sites excluding steroid dienone is 1. The first kappa shape index (κ1) is 16.0. The number of aromatic nitrogens is 2. The van der Waals surface area contributed by atoms with Crippen molar-refractivity contribution < 1.29 is 1.43 Å². The standard InChI is InChI=1S/C25H22N2.H2/c1-3-10-19-21-16-15-20-18-13-8-9-14-22(18)26-24(20)25(21)27(23(19)4-2)17-11-6-5-7-12-17;/h3-14,26H,2,15-16H2,1H3;1H/b10-3-;. The predicted molar refractivity (Wildman–Crippen MR) is 117 cm³/mol. The monoisotopic (exact) mass is 352 g/mol. The maximum absolute atomic E-state index is 4.14. The second-order valence-electron chi connectivity index (χ2n) is 7.03. The Morgan fingerprint density at radius 3 is 2.52 bits per heavy atom. The number of aromatic amines is 1. The van der Waals surface area contributed by atoms with Crippen molar-refractivity contribution in [3.63, 3.8) is 0 Å². The van der Waals surface area contributed by atoms with Crippen molar-refractivity contribution in [1.82, 2.24) is 9.55 Å². The van der Waals surface area contributed by atoms with Gasteiger partial charge in [-0.1, -0.05) is 55.1 Å². The van der Waals surface area contributed by atoms with Crippen LogP contribution in [0.3, 0.4) is 0 Å². The normalized spacial score (nSPS) is 13.1. The zero-order valence-corrected chi connectivity index (χ0v) is 15.5. The Bertz CT molecular complexity index is 1190. The smallest absolute Gasteiger partial charge is 0.0739 e. The van der Waals surface area contributed by atoms with Crippen molar-refractivity contribution in [1.29, 1.82) is 0 Å². The van der Waals surface area contributed by atoms with Crippen LogP contribution in [0.25, 0.3) is 40.1 Å². The molecule has 27 heavy (non-hydrogen) atoms. The van der Waals surface area contributed by atoms with Crippen molar-refractivity contribution in [3.8, 4) is 17.1 Å². The highest BCUT2D eigenvalue weighted by atomic mass is 15.0. The number of nitrogens with one attached hydrogen (secondary N) is 1. The molecule has 2 heteroatoms. The highest BCUT2D eigenvalue weighted by Gasteiger charge is 2.29. The first-order valence-corrected chi connectivity index (χ1v) is 9.51. The number of aryl methyl sites for hydroxylation is 1. The van der Waals surface area contributed by atoms with Crippen LogP contribution in [0.15, 0.2) is 67.3 Å². The molecule has 2 aromatic heterocycles. The molecule has 2 aromatic carbocycles. The molecule has 2 nitrogen and oxygen atoms in total. The molecular weight excluding hydrogens is 328 g/mol. The Morgan fingerprint density at radius 1 is 1.00 bits per heavy atom. The van der Waals surface area contributed by atoms with Gasteiger partial charge in [0.2, 0.25) is 0 Å². The van der Waals surface area contributed by atoms with Crippen molar-refractivity contribution in [2.45, 2.75) is 19.8 Å². The lowest BCUT2D eigenvalue weighted by Crippen LogP contribution is -2.06. The van der Waals surface area contributed by atoms with E-state index in [1.165, 1.54) is 44.7 Å². The van der Waals surface area contributed by atoms with Gasteiger partial charge in [-0.2, -0.15) is 0 Å². The molecule has 1 aliphatic rings. The number of rotatable bonds is 3. The van der Waals surface area contributed by atoms with Gasteiger partial charge in [0.25, 0.3) is 0 Å². The molecule has 0 saturated heterocycles. The van der Waals surface area contributed by atoms with Crippen LogP contribution >= 0.6 is 0 Å². The van der Waals surface area contributed by atoms with E-state index in [2.05, 4.69) is 89.8 Å². The van der Waals surface area contributed by atoms with E-state index in [1.807, 2.05) is 6.08 Å². The van der Waals surface area contributed by atoms with E-state index in [9.17, 15) is 0 Å². The lowest BCUT2D eigenvalue weighted by molar-refractivity contribution is 0.929. The van der Waals surface area contributed by atoms with Gasteiger partial charge in [0.15, 0.2) is 0 Å². The summed E-state index contributed by atoms with van der Waals surface area (Å²) in [5.41, 5.74) is 10.2. The summed E-state index contributed by atoms with van der Waals surface area (Å²) in [7, 11) is 0. The van der Waals surface area contributed by atoms with Crippen LogP contribution in [0.5, 0.6) is 0 Å². The summed E-state index contributed by atoms with van der Waals surface area (Å²) >= 11 is 0. The van der Waals surface area contributed by atoms with Crippen LogP contribution < -0.4 is 0 Å². The average Bonchev–Trinajstić information content (AvgIpc) is 3.24. The van der Waals surface area contributed by atoms with Gasteiger partial charge in [-0.25, -0.2) is 0 Å². The molecule has 1 aliphatic carbocycles. The third kappa shape index (κ3) is 2.26. The molecule has 0 fully saturated rings. The topological polar surface area (TPSA) is 20.7 Å². The number of hydrogen-bond acceptors (Lipinski definition) is 0. The van der Waals surface area contributed by atoms with Crippen LogP contribution in [-0.4, -0.2) is 9.55 Å². The van der Waals surface area contributed by atoms with E-state index in [0.29, 0.717) is 0 Å². The highest BCUT2D eigenvalue weighted by molar-refractivity contribution is 5.93. The van der Waals surface area contributed by atoms with Crippen LogP contribution in [0, 0.1) is 0 Å². The molecule has 0 bridgehead atoms. The van der Waals surface area contributed by atoms with Crippen molar-refractivity contribution in [2.24, 2.45) is 0 Å². The first-order chi connectivity index (χ1) is 13.3. The summed E-state index contributed by atoms with van der Waals surface area (Å²) in [6, 6.07) is 19.2. The fourth-order valence-electron chi connectivity index (χ4n) is 4.48. The molecule has 1 N–H and O–H groups in total. The van der Waals surface area contributed by atoms with Gasteiger partial charge >= 0.3 is 0 Å². The number of hydrogen-bond donors (Lipinski definition) is 1. The SMILES string of the molecule is C=Cc1c(/C=C\C)c2c(n1-c1ccccc1)-c1[nH]c3ccccc3c1CC2.[HH]. The number of benzene rings is 2. The minimum Gasteiger partial charge on any atom is -0.353 e. The molecular formula is C25H24N2. The number of H-pyrrole nitrogens is 1. The van der Waals surface area contributed by atoms with E-state index in [4.69, 9.17) is 0 Å². The minimum atomic E-state index is 0. The maximum atomic E-state index is 4.14. The predicted octanol–water partition coefficient (Wildman–Crippen LogP) is 6.65. The highest BCUT2D eigenvalue weighted by Crippen LogP contribution is 2.43. The number of fused-ring (bicyclic) bond motifs is 5. The first-order valence-electron chi connectivity index (χ1n) is 9.51. The van der Waals surface area contributed by atoms with Gasteiger partial charge in [0, 0.05) is 23.6 Å².